The Labute approximate surface area is 215 Å². The fourth-order valence-electron chi connectivity index (χ4n) is 4.95. The second kappa shape index (κ2) is 8.92. The minimum absolute atomic E-state index is 0.628. The average Bonchev–Trinajstić information content (AvgIpc) is 3.36. The average molecular weight is 475 g/mol. The van der Waals surface area contributed by atoms with Crippen LogP contribution in [0.2, 0.25) is 0 Å². The maximum Gasteiger partial charge on any atom is 0.164 e. The summed E-state index contributed by atoms with van der Waals surface area (Å²) >= 11 is 0. The standard InChI is InChI=1S/C33H22N4/c1-3-9-22(10-4-1)31-35-32(23-11-5-2-6-12-23)37-33(36-31)27-17-18-34-30(21-27)26-16-15-25-19-24-13-7-8-14-28(24)29(25)20-26/h1-18,20-21H,19H2. The number of hydrogen-bond acceptors (Lipinski definition) is 4. The molecule has 1 aliphatic rings. The van der Waals surface area contributed by atoms with E-state index in [0.717, 1.165) is 34.4 Å². The molecule has 174 valence electrons. The Morgan fingerprint density at radius 2 is 1.03 bits per heavy atom. The summed E-state index contributed by atoms with van der Waals surface area (Å²) in [6, 6.07) is 39.4. The molecule has 0 unspecified atom stereocenters. The highest BCUT2D eigenvalue weighted by atomic mass is 15.0. The fourth-order valence-corrected chi connectivity index (χ4v) is 4.95. The van der Waals surface area contributed by atoms with Crippen LogP contribution in [0.25, 0.3) is 56.5 Å². The largest absolute Gasteiger partial charge is 0.256 e. The van der Waals surface area contributed by atoms with Gasteiger partial charge in [0.2, 0.25) is 0 Å². The predicted molar refractivity (Wildman–Crippen MR) is 148 cm³/mol. The summed E-state index contributed by atoms with van der Waals surface area (Å²) < 4.78 is 0. The summed E-state index contributed by atoms with van der Waals surface area (Å²) in [6.45, 7) is 0. The third-order valence-corrected chi connectivity index (χ3v) is 6.81. The van der Waals surface area contributed by atoms with Crippen LogP contribution < -0.4 is 0 Å². The number of pyridine rings is 1. The first-order valence-electron chi connectivity index (χ1n) is 12.4. The molecule has 4 nitrogen and oxygen atoms in total. The van der Waals surface area contributed by atoms with E-state index < -0.39 is 0 Å². The lowest BCUT2D eigenvalue weighted by molar-refractivity contribution is 1.07. The van der Waals surface area contributed by atoms with Gasteiger partial charge < -0.3 is 0 Å². The van der Waals surface area contributed by atoms with Gasteiger partial charge in [0.05, 0.1) is 5.69 Å². The fraction of sp³-hybridized carbons (Fsp3) is 0.0303. The maximum absolute atomic E-state index is 4.87. The van der Waals surface area contributed by atoms with Crippen molar-refractivity contribution >= 4 is 0 Å². The van der Waals surface area contributed by atoms with Crippen LogP contribution in [0, 0.1) is 0 Å². The van der Waals surface area contributed by atoms with E-state index in [1.54, 1.807) is 0 Å². The van der Waals surface area contributed by atoms with E-state index in [4.69, 9.17) is 19.9 Å². The van der Waals surface area contributed by atoms with Gasteiger partial charge in [-0.1, -0.05) is 97.1 Å². The van der Waals surface area contributed by atoms with Crippen LogP contribution in [-0.2, 0) is 6.42 Å². The number of nitrogens with zero attached hydrogens (tertiary/aromatic N) is 4. The van der Waals surface area contributed by atoms with Crippen molar-refractivity contribution in [2.75, 3.05) is 0 Å². The Kier molecular flexibility index (Phi) is 5.14. The maximum atomic E-state index is 4.87. The number of rotatable bonds is 4. The molecule has 0 fully saturated rings. The third-order valence-electron chi connectivity index (χ3n) is 6.81. The Bertz CT molecular complexity index is 1690. The number of hydrogen-bond donors (Lipinski definition) is 0. The van der Waals surface area contributed by atoms with Crippen LogP contribution in [0.1, 0.15) is 11.1 Å². The molecule has 1 aliphatic carbocycles. The molecule has 0 bridgehead atoms. The van der Waals surface area contributed by atoms with E-state index >= 15 is 0 Å². The molecule has 2 heterocycles. The van der Waals surface area contributed by atoms with Gasteiger partial charge >= 0.3 is 0 Å². The van der Waals surface area contributed by atoms with Crippen LogP contribution in [0.4, 0.5) is 0 Å². The van der Waals surface area contributed by atoms with Gasteiger partial charge in [-0.15, -0.1) is 0 Å². The quantitative estimate of drug-likeness (QED) is 0.265. The predicted octanol–water partition coefficient (Wildman–Crippen LogP) is 7.51. The number of benzene rings is 4. The Balaban J connectivity index is 1.34. The normalized spacial score (nSPS) is 11.7. The molecule has 0 saturated carbocycles. The van der Waals surface area contributed by atoms with Gasteiger partial charge in [0.15, 0.2) is 17.5 Å². The first-order chi connectivity index (χ1) is 18.3. The van der Waals surface area contributed by atoms with Crippen molar-refractivity contribution in [2.24, 2.45) is 0 Å². The van der Waals surface area contributed by atoms with Crippen molar-refractivity contribution in [2.45, 2.75) is 6.42 Å². The first-order valence-corrected chi connectivity index (χ1v) is 12.4. The molecule has 0 atom stereocenters. The summed E-state index contributed by atoms with van der Waals surface area (Å²) in [7, 11) is 0. The lowest BCUT2D eigenvalue weighted by atomic mass is 10.0. The molecule has 0 saturated heterocycles. The molecule has 4 aromatic carbocycles. The van der Waals surface area contributed by atoms with Gasteiger partial charge in [0, 0.05) is 28.5 Å². The van der Waals surface area contributed by atoms with Gasteiger partial charge in [-0.3, -0.25) is 4.98 Å². The van der Waals surface area contributed by atoms with Crippen LogP contribution >= 0.6 is 0 Å². The second-order valence-corrected chi connectivity index (χ2v) is 9.17. The monoisotopic (exact) mass is 474 g/mol. The molecular weight excluding hydrogens is 452 g/mol. The van der Waals surface area contributed by atoms with Crippen LogP contribution in [0.3, 0.4) is 0 Å². The number of fused-ring (bicyclic) bond motifs is 3. The van der Waals surface area contributed by atoms with Gasteiger partial charge in [-0.2, -0.15) is 0 Å². The van der Waals surface area contributed by atoms with Gasteiger partial charge in [-0.25, -0.2) is 15.0 Å². The zero-order chi connectivity index (χ0) is 24.6. The summed E-state index contributed by atoms with van der Waals surface area (Å²) in [5, 5.41) is 0. The minimum atomic E-state index is 0.628. The Morgan fingerprint density at radius 1 is 0.432 bits per heavy atom. The van der Waals surface area contributed by atoms with E-state index in [1.165, 1.54) is 22.3 Å². The molecule has 37 heavy (non-hydrogen) atoms. The van der Waals surface area contributed by atoms with Crippen LogP contribution in [-0.4, -0.2) is 19.9 Å². The molecular formula is C33H22N4. The van der Waals surface area contributed by atoms with E-state index in [0.29, 0.717) is 17.5 Å². The van der Waals surface area contributed by atoms with Crippen molar-refractivity contribution in [3.63, 3.8) is 0 Å². The summed E-state index contributed by atoms with van der Waals surface area (Å²) in [6.07, 6.45) is 2.81. The molecule has 0 N–H and O–H groups in total. The first kappa shape index (κ1) is 21.3. The van der Waals surface area contributed by atoms with Crippen molar-refractivity contribution in [3.05, 3.63) is 133 Å². The lowest BCUT2D eigenvalue weighted by Gasteiger charge is -2.10. The van der Waals surface area contributed by atoms with Crippen molar-refractivity contribution in [1.29, 1.82) is 0 Å². The Morgan fingerprint density at radius 3 is 1.73 bits per heavy atom. The Hall–Kier alpha value is -4.96. The smallest absolute Gasteiger partial charge is 0.164 e. The van der Waals surface area contributed by atoms with E-state index in [9.17, 15) is 0 Å². The van der Waals surface area contributed by atoms with E-state index in [-0.39, 0.29) is 0 Å². The van der Waals surface area contributed by atoms with Gasteiger partial charge in [-0.05, 0) is 46.9 Å². The van der Waals surface area contributed by atoms with E-state index in [1.807, 2.05) is 72.9 Å². The van der Waals surface area contributed by atoms with Gasteiger partial charge in [0.25, 0.3) is 0 Å². The highest BCUT2D eigenvalue weighted by Crippen LogP contribution is 2.38. The zero-order valence-corrected chi connectivity index (χ0v) is 20.0. The molecule has 7 rings (SSSR count). The molecule has 2 aromatic heterocycles. The summed E-state index contributed by atoms with van der Waals surface area (Å²) in [5.74, 6) is 1.93. The molecule has 4 heteroatoms. The molecule has 0 radical (unpaired) electrons. The van der Waals surface area contributed by atoms with Crippen LogP contribution in [0.5, 0.6) is 0 Å². The van der Waals surface area contributed by atoms with Crippen molar-refractivity contribution in [1.82, 2.24) is 19.9 Å². The van der Waals surface area contributed by atoms with Crippen molar-refractivity contribution < 1.29 is 0 Å². The zero-order valence-electron chi connectivity index (χ0n) is 20.0. The molecule has 0 aliphatic heterocycles. The van der Waals surface area contributed by atoms with E-state index in [2.05, 4.69) is 48.5 Å². The lowest BCUT2D eigenvalue weighted by Crippen LogP contribution is -2.00. The summed E-state index contributed by atoms with van der Waals surface area (Å²) in [5.41, 5.74) is 10.1. The minimum Gasteiger partial charge on any atom is -0.256 e. The topological polar surface area (TPSA) is 51.6 Å². The summed E-state index contributed by atoms with van der Waals surface area (Å²) in [4.78, 5) is 19.3. The second-order valence-electron chi connectivity index (χ2n) is 9.17. The molecule has 0 amide bonds. The molecule has 6 aromatic rings. The van der Waals surface area contributed by atoms with Crippen LogP contribution in [0.15, 0.2) is 121 Å². The SMILES string of the molecule is c1ccc(-c2nc(-c3ccccc3)nc(-c3ccnc(-c4ccc5c(c4)-c4ccccc4C5)c3)n2)cc1. The van der Waals surface area contributed by atoms with Crippen molar-refractivity contribution in [3.8, 4) is 56.5 Å². The highest BCUT2D eigenvalue weighted by Gasteiger charge is 2.19. The van der Waals surface area contributed by atoms with Gasteiger partial charge in [0.1, 0.15) is 0 Å². The molecule has 0 spiro atoms. The number of aromatic nitrogens is 4. The highest BCUT2D eigenvalue weighted by molar-refractivity contribution is 5.81. The third kappa shape index (κ3) is 3.99.